The number of unbranched alkanes of at least 4 members (excludes halogenated alkanes) is 4. The van der Waals surface area contributed by atoms with E-state index < -0.39 is 0 Å². The van der Waals surface area contributed by atoms with Gasteiger partial charge in [0.2, 0.25) is 0 Å². The number of likely N-dealkylation sites (N-methyl/N-ethyl adjacent to an activating group) is 1. The first-order chi connectivity index (χ1) is 9.29. The lowest BCUT2D eigenvalue weighted by Gasteiger charge is -2.43. The molecule has 0 bridgehead atoms. The van der Waals surface area contributed by atoms with Crippen molar-refractivity contribution in [2.24, 2.45) is 5.73 Å². The van der Waals surface area contributed by atoms with Crippen molar-refractivity contribution >= 4 is 0 Å². The molecule has 0 aromatic rings. The van der Waals surface area contributed by atoms with Crippen LogP contribution in [0.25, 0.3) is 0 Å². The van der Waals surface area contributed by atoms with Crippen LogP contribution in [0.3, 0.4) is 0 Å². The highest BCUT2D eigenvalue weighted by Gasteiger charge is 2.34. The molecule has 0 heterocycles. The first kappa shape index (κ1) is 17.0. The third kappa shape index (κ3) is 5.43. The third-order valence-electron chi connectivity index (χ3n) is 5.00. The molecule has 2 N–H and O–H groups in total. The van der Waals surface area contributed by atoms with Gasteiger partial charge in [0.15, 0.2) is 0 Å². The molecule has 1 saturated carbocycles. The summed E-state index contributed by atoms with van der Waals surface area (Å²) in [5.41, 5.74) is 6.52. The Labute approximate surface area is 121 Å². The summed E-state index contributed by atoms with van der Waals surface area (Å²) in [5.74, 6) is 0. The molecule has 0 radical (unpaired) electrons. The fourth-order valence-corrected chi connectivity index (χ4v) is 3.67. The van der Waals surface area contributed by atoms with E-state index in [0.717, 1.165) is 6.54 Å². The highest BCUT2D eigenvalue weighted by Crippen LogP contribution is 2.32. The molecule has 114 valence electrons. The molecule has 0 aliphatic heterocycles. The smallest absolute Gasteiger partial charge is 0.0331 e. The van der Waals surface area contributed by atoms with Crippen molar-refractivity contribution in [3.63, 3.8) is 0 Å². The minimum absolute atomic E-state index is 0.329. The van der Waals surface area contributed by atoms with Gasteiger partial charge in [-0.2, -0.15) is 0 Å². The van der Waals surface area contributed by atoms with Gasteiger partial charge in [-0.05, 0) is 32.4 Å². The fourth-order valence-electron chi connectivity index (χ4n) is 3.67. The number of nitrogens with zero attached hydrogens (tertiary/aromatic N) is 1. The zero-order valence-electron chi connectivity index (χ0n) is 13.4. The van der Waals surface area contributed by atoms with Crippen molar-refractivity contribution in [1.29, 1.82) is 0 Å². The summed E-state index contributed by atoms with van der Waals surface area (Å²) in [6.07, 6.45) is 15.1. The highest BCUT2D eigenvalue weighted by atomic mass is 15.2. The molecule has 0 spiro atoms. The van der Waals surface area contributed by atoms with Crippen molar-refractivity contribution in [2.75, 3.05) is 19.6 Å². The van der Waals surface area contributed by atoms with Crippen LogP contribution in [0, 0.1) is 0 Å². The van der Waals surface area contributed by atoms with E-state index >= 15 is 0 Å². The zero-order chi connectivity index (χ0) is 14.0. The molecule has 0 atom stereocenters. The standard InChI is InChI=1S/C17H36N2/c1-3-5-6-9-12-15-19(4-2)17(16-18)13-10-7-8-11-14-17/h3-16,18H2,1-2H3. The van der Waals surface area contributed by atoms with E-state index in [1.807, 2.05) is 0 Å². The van der Waals surface area contributed by atoms with Gasteiger partial charge < -0.3 is 5.73 Å². The van der Waals surface area contributed by atoms with Crippen LogP contribution in [0.4, 0.5) is 0 Å². The summed E-state index contributed by atoms with van der Waals surface area (Å²) in [4.78, 5) is 2.71. The minimum Gasteiger partial charge on any atom is -0.329 e. The van der Waals surface area contributed by atoms with Gasteiger partial charge in [-0.1, -0.05) is 65.2 Å². The molecule has 1 aliphatic rings. The predicted molar refractivity (Wildman–Crippen MR) is 85.5 cm³/mol. The van der Waals surface area contributed by atoms with Crippen LogP contribution in [0.5, 0.6) is 0 Å². The van der Waals surface area contributed by atoms with Crippen LogP contribution in [-0.2, 0) is 0 Å². The molecular formula is C17H36N2. The Hall–Kier alpha value is -0.0800. The number of nitrogens with two attached hydrogens (primary N) is 1. The molecule has 19 heavy (non-hydrogen) atoms. The van der Waals surface area contributed by atoms with Crippen LogP contribution < -0.4 is 5.73 Å². The Morgan fingerprint density at radius 1 is 0.895 bits per heavy atom. The van der Waals surface area contributed by atoms with Crippen LogP contribution in [0.15, 0.2) is 0 Å². The maximum absolute atomic E-state index is 6.19. The zero-order valence-corrected chi connectivity index (χ0v) is 13.4. The molecular weight excluding hydrogens is 232 g/mol. The van der Waals surface area contributed by atoms with Crippen molar-refractivity contribution in [3.8, 4) is 0 Å². The summed E-state index contributed by atoms with van der Waals surface area (Å²) >= 11 is 0. The maximum Gasteiger partial charge on any atom is 0.0331 e. The average Bonchev–Trinajstić information content (AvgIpc) is 2.69. The first-order valence-electron chi connectivity index (χ1n) is 8.74. The fraction of sp³-hybridized carbons (Fsp3) is 1.00. The lowest BCUT2D eigenvalue weighted by atomic mass is 9.87. The van der Waals surface area contributed by atoms with Crippen molar-refractivity contribution in [3.05, 3.63) is 0 Å². The normalized spacial score (nSPS) is 19.6. The van der Waals surface area contributed by atoms with E-state index in [1.54, 1.807) is 0 Å². The monoisotopic (exact) mass is 268 g/mol. The van der Waals surface area contributed by atoms with Gasteiger partial charge in [0.25, 0.3) is 0 Å². The summed E-state index contributed by atoms with van der Waals surface area (Å²) in [6, 6.07) is 0. The summed E-state index contributed by atoms with van der Waals surface area (Å²) < 4.78 is 0. The van der Waals surface area contributed by atoms with E-state index in [1.165, 1.54) is 83.7 Å². The van der Waals surface area contributed by atoms with Gasteiger partial charge in [0, 0.05) is 12.1 Å². The van der Waals surface area contributed by atoms with Gasteiger partial charge in [0.05, 0.1) is 0 Å². The molecule has 0 aromatic carbocycles. The Morgan fingerprint density at radius 3 is 2.05 bits per heavy atom. The Morgan fingerprint density at radius 2 is 1.53 bits per heavy atom. The Kier molecular flexibility index (Phi) is 8.72. The van der Waals surface area contributed by atoms with Crippen LogP contribution in [0.1, 0.15) is 84.5 Å². The average molecular weight is 268 g/mol. The lowest BCUT2D eigenvalue weighted by molar-refractivity contribution is 0.0813. The molecule has 2 nitrogen and oxygen atoms in total. The minimum atomic E-state index is 0.329. The molecule has 0 amide bonds. The first-order valence-corrected chi connectivity index (χ1v) is 8.74. The maximum atomic E-state index is 6.19. The second-order valence-electron chi connectivity index (χ2n) is 6.34. The van der Waals surface area contributed by atoms with E-state index in [0.29, 0.717) is 5.54 Å². The molecule has 2 heteroatoms. The van der Waals surface area contributed by atoms with E-state index in [-0.39, 0.29) is 0 Å². The second-order valence-corrected chi connectivity index (χ2v) is 6.34. The van der Waals surface area contributed by atoms with Gasteiger partial charge >= 0.3 is 0 Å². The molecule has 1 rings (SSSR count). The van der Waals surface area contributed by atoms with E-state index in [4.69, 9.17) is 5.73 Å². The van der Waals surface area contributed by atoms with Gasteiger partial charge in [-0.25, -0.2) is 0 Å². The van der Waals surface area contributed by atoms with Gasteiger partial charge in [0.1, 0.15) is 0 Å². The predicted octanol–water partition coefficient (Wildman–Crippen LogP) is 4.33. The molecule has 1 aliphatic carbocycles. The van der Waals surface area contributed by atoms with Crippen LogP contribution in [-0.4, -0.2) is 30.1 Å². The molecule has 0 saturated heterocycles. The van der Waals surface area contributed by atoms with Crippen molar-refractivity contribution in [1.82, 2.24) is 4.90 Å². The molecule has 0 aromatic heterocycles. The van der Waals surface area contributed by atoms with Gasteiger partial charge in [-0.15, -0.1) is 0 Å². The lowest BCUT2D eigenvalue weighted by Crippen LogP contribution is -2.53. The van der Waals surface area contributed by atoms with Crippen molar-refractivity contribution in [2.45, 2.75) is 90.0 Å². The van der Waals surface area contributed by atoms with Crippen molar-refractivity contribution < 1.29 is 0 Å². The van der Waals surface area contributed by atoms with Gasteiger partial charge in [-0.3, -0.25) is 4.90 Å². The van der Waals surface area contributed by atoms with E-state index in [2.05, 4.69) is 18.7 Å². The highest BCUT2D eigenvalue weighted by molar-refractivity contribution is 4.92. The quantitative estimate of drug-likeness (QED) is 0.498. The Bertz CT molecular complexity index is 207. The summed E-state index contributed by atoms with van der Waals surface area (Å²) in [7, 11) is 0. The summed E-state index contributed by atoms with van der Waals surface area (Å²) in [5, 5.41) is 0. The Balaban J connectivity index is 2.44. The second kappa shape index (κ2) is 9.77. The summed E-state index contributed by atoms with van der Waals surface area (Å²) in [6.45, 7) is 7.89. The topological polar surface area (TPSA) is 29.3 Å². The third-order valence-corrected chi connectivity index (χ3v) is 5.00. The van der Waals surface area contributed by atoms with Crippen LogP contribution in [0.2, 0.25) is 0 Å². The number of rotatable bonds is 9. The van der Waals surface area contributed by atoms with E-state index in [9.17, 15) is 0 Å². The molecule has 0 unspecified atom stereocenters. The van der Waals surface area contributed by atoms with Crippen LogP contribution >= 0.6 is 0 Å². The number of hydrogen-bond acceptors (Lipinski definition) is 2. The SMILES string of the molecule is CCCCCCCN(CC)C1(CN)CCCCCC1. The largest absolute Gasteiger partial charge is 0.329 e. The molecule has 1 fully saturated rings. The number of hydrogen-bond donors (Lipinski definition) is 1.